The summed E-state index contributed by atoms with van der Waals surface area (Å²) in [5.41, 5.74) is 0.438. The molecule has 0 aliphatic carbocycles. The number of fused-ring (bicyclic) bond motifs is 1. The zero-order valence-corrected chi connectivity index (χ0v) is 12.5. The Kier molecular flexibility index (Phi) is 4.45. The molecule has 1 aromatic heterocycles. The first-order valence-electron chi connectivity index (χ1n) is 6.61. The number of alkyl halides is 3. The normalized spacial score (nSPS) is 14.3. The lowest BCUT2D eigenvalue weighted by atomic mass is 10.1. The van der Waals surface area contributed by atoms with E-state index in [2.05, 4.69) is 4.98 Å². The molecule has 0 saturated heterocycles. The van der Waals surface area contributed by atoms with E-state index in [1.807, 2.05) is 0 Å². The van der Waals surface area contributed by atoms with Gasteiger partial charge in [0.2, 0.25) is 0 Å². The van der Waals surface area contributed by atoms with E-state index in [1.165, 1.54) is 30.0 Å². The molecule has 0 atom stereocenters. The van der Waals surface area contributed by atoms with E-state index in [1.54, 1.807) is 0 Å². The van der Waals surface area contributed by atoms with Gasteiger partial charge in [-0.05, 0) is 24.3 Å². The molecule has 0 fully saturated rings. The molecular weight excluding hydrogens is 334 g/mol. The summed E-state index contributed by atoms with van der Waals surface area (Å²) < 4.78 is 61.6. The number of hydrogen-bond acceptors (Lipinski definition) is 4. The number of hydrogen-bond donors (Lipinski definition) is 0. The third-order valence-corrected chi connectivity index (χ3v) is 4.18. The van der Waals surface area contributed by atoms with Crippen LogP contribution in [0, 0.1) is 5.82 Å². The minimum atomic E-state index is -4.41. The lowest BCUT2D eigenvalue weighted by molar-refractivity contribution is -0.137. The number of pyridine rings is 1. The van der Waals surface area contributed by atoms with Gasteiger partial charge in [-0.3, -0.25) is 0 Å². The number of aromatic nitrogens is 1. The fraction of sp³-hybridized carbons (Fsp3) is 0.267. The Hall–Kier alpha value is -1.80. The van der Waals surface area contributed by atoms with Crippen LogP contribution in [0.25, 0.3) is 0 Å². The molecule has 23 heavy (non-hydrogen) atoms. The standard InChI is InChI=1S/C15H11F4NO2S/c16-12-3-9-6-21-8-22-14(9)10(4-12)7-23-13-2-1-11(5-20-13)15(17,18)19/h1-5H,6-8H2. The molecule has 8 heteroatoms. The molecule has 2 heterocycles. The van der Waals surface area contributed by atoms with Gasteiger partial charge >= 0.3 is 6.18 Å². The van der Waals surface area contributed by atoms with E-state index in [9.17, 15) is 17.6 Å². The van der Waals surface area contributed by atoms with Crippen molar-refractivity contribution in [3.05, 3.63) is 53.0 Å². The van der Waals surface area contributed by atoms with Crippen LogP contribution in [0.5, 0.6) is 5.75 Å². The van der Waals surface area contributed by atoms with Gasteiger partial charge in [0.15, 0.2) is 6.79 Å². The first kappa shape index (κ1) is 16.1. The molecular formula is C15H11F4NO2S. The second-order valence-corrected chi connectivity index (χ2v) is 5.83. The fourth-order valence-electron chi connectivity index (χ4n) is 2.15. The number of thioether (sulfide) groups is 1. The zero-order chi connectivity index (χ0) is 16.4. The van der Waals surface area contributed by atoms with Gasteiger partial charge < -0.3 is 9.47 Å². The van der Waals surface area contributed by atoms with Crippen molar-refractivity contribution in [3.63, 3.8) is 0 Å². The van der Waals surface area contributed by atoms with Crippen molar-refractivity contribution in [3.8, 4) is 5.75 Å². The Balaban J connectivity index is 1.75. The Morgan fingerprint density at radius 1 is 1.22 bits per heavy atom. The van der Waals surface area contributed by atoms with Crippen LogP contribution in [0.4, 0.5) is 17.6 Å². The fourth-order valence-corrected chi connectivity index (χ4v) is 2.96. The number of benzene rings is 1. The Bertz CT molecular complexity index is 704. The summed E-state index contributed by atoms with van der Waals surface area (Å²) in [6, 6.07) is 4.96. The summed E-state index contributed by atoms with van der Waals surface area (Å²) >= 11 is 1.21. The van der Waals surface area contributed by atoms with Gasteiger partial charge in [-0.2, -0.15) is 13.2 Å². The molecule has 0 saturated carbocycles. The molecule has 0 bridgehead atoms. The minimum Gasteiger partial charge on any atom is -0.467 e. The molecule has 0 spiro atoms. The highest BCUT2D eigenvalue weighted by Crippen LogP contribution is 2.34. The summed E-state index contributed by atoms with van der Waals surface area (Å²) in [6.07, 6.45) is -3.63. The van der Waals surface area contributed by atoms with Crippen molar-refractivity contribution in [1.82, 2.24) is 4.98 Å². The second kappa shape index (κ2) is 6.37. The maximum atomic E-state index is 13.6. The highest BCUT2D eigenvalue weighted by Gasteiger charge is 2.30. The average molecular weight is 345 g/mol. The molecule has 1 aliphatic heterocycles. The zero-order valence-electron chi connectivity index (χ0n) is 11.7. The quantitative estimate of drug-likeness (QED) is 0.610. The Morgan fingerprint density at radius 3 is 2.74 bits per heavy atom. The van der Waals surface area contributed by atoms with Gasteiger partial charge in [0.05, 0.1) is 17.2 Å². The van der Waals surface area contributed by atoms with Crippen molar-refractivity contribution >= 4 is 11.8 Å². The predicted molar refractivity (Wildman–Crippen MR) is 75.5 cm³/mol. The van der Waals surface area contributed by atoms with Crippen LogP contribution >= 0.6 is 11.8 Å². The predicted octanol–water partition coefficient (Wildman–Crippen LogP) is 4.40. The molecule has 0 N–H and O–H groups in total. The third kappa shape index (κ3) is 3.76. The van der Waals surface area contributed by atoms with E-state index in [4.69, 9.17) is 9.47 Å². The van der Waals surface area contributed by atoms with Gasteiger partial charge in [0, 0.05) is 23.1 Å². The van der Waals surface area contributed by atoms with E-state index in [0.717, 1.165) is 12.3 Å². The maximum Gasteiger partial charge on any atom is 0.417 e. The molecule has 3 nitrogen and oxygen atoms in total. The summed E-state index contributed by atoms with van der Waals surface area (Å²) in [5.74, 6) is 0.490. The van der Waals surface area contributed by atoms with Crippen molar-refractivity contribution in [2.45, 2.75) is 23.6 Å². The Morgan fingerprint density at radius 2 is 2.04 bits per heavy atom. The SMILES string of the molecule is Fc1cc2c(c(CSc3ccc(C(F)(F)F)cn3)c1)OCOC2. The summed E-state index contributed by atoms with van der Waals surface area (Å²) in [5, 5.41) is 0.420. The van der Waals surface area contributed by atoms with Crippen LogP contribution in [0.15, 0.2) is 35.5 Å². The first-order valence-corrected chi connectivity index (χ1v) is 7.60. The van der Waals surface area contributed by atoms with Crippen molar-refractivity contribution in [2.75, 3.05) is 6.79 Å². The molecule has 3 rings (SSSR count). The van der Waals surface area contributed by atoms with Crippen LogP contribution < -0.4 is 4.74 Å². The monoisotopic (exact) mass is 345 g/mol. The number of halogens is 4. The molecule has 122 valence electrons. The highest BCUT2D eigenvalue weighted by molar-refractivity contribution is 7.98. The van der Waals surface area contributed by atoms with Gasteiger partial charge in [-0.1, -0.05) is 0 Å². The smallest absolute Gasteiger partial charge is 0.417 e. The Labute approximate surface area is 133 Å². The molecule has 1 aliphatic rings. The van der Waals surface area contributed by atoms with Gasteiger partial charge in [0.25, 0.3) is 0 Å². The third-order valence-electron chi connectivity index (χ3n) is 3.19. The molecule has 1 aromatic carbocycles. The number of nitrogens with zero attached hydrogens (tertiary/aromatic N) is 1. The van der Waals surface area contributed by atoms with Crippen LogP contribution in [0.2, 0.25) is 0 Å². The van der Waals surface area contributed by atoms with Crippen molar-refractivity contribution in [1.29, 1.82) is 0 Å². The van der Waals surface area contributed by atoms with Gasteiger partial charge in [0.1, 0.15) is 11.6 Å². The summed E-state index contributed by atoms with van der Waals surface area (Å²) in [7, 11) is 0. The number of rotatable bonds is 3. The van der Waals surface area contributed by atoms with Gasteiger partial charge in [-0.15, -0.1) is 11.8 Å². The van der Waals surface area contributed by atoms with Gasteiger partial charge in [-0.25, -0.2) is 9.37 Å². The van der Waals surface area contributed by atoms with Crippen LogP contribution in [-0.4, -0.2) is 11.8 Å². The summed E-state index contributed by atoms with van der Waals surface area (Å²) in [4.78, 5) is 3.78. The molecule has 0 amide bonds. The number of ether oxygens (including phenoxy) is 2. The lowest BCUT2D eigenvalue weighted by Crippen LogP contribution is -2.13. The summed E-state index contributed by atoms with van der Waals surface area (Å²) in [6.45, 7) is 0.359. The molecule has 0 unspecified atom stereocenters. The molecule has 2 aromatic rings. The average Bonchev–Trinajstić information content (AvgIpc) is 2.52. The van der Waals surface area contributed by atoms with Crippen LogP contribution in [0.1, 0.15) is 16.7 Å². The minimum absolute atomic E-state index is 0.0921. The van der Waals surface area contributed by atoms with Crippen molar-refractivity contribution in [2.24, 2.45) is 0 Å². The topological polar surface area (TPSA) is 31.4 Å². The second-order valence-electron chi connectivity index (χ2n) is 4.84. The highest BCUT2D eigenvalue weighted by atomic mass is 32.2. The largest absolute Gasteiger partial charge is 0.467 e. The molecule has 0 radical (unpaired) electrons. The van der Waals surface area contributed by atoms with Crippen LogP contribution in [-0.2, 0) is 23.3 Å². The van der Waals surface area contributed by atoms with Crippen LogP contribution in [0.3, 0.4) is 0 Å². The van der Waals surface area contributed by atoms with Crippen molar-refractivity contribution < 1.29 is 27.0 Å². The van der Waals surface area contributed by atoms with E-state index in [0.29, 0.717) is 27.7 Å². The van der Waals surface area contributed by atoms with E-state index < -0.39 is 17.6 Å². The van der Waals surface area contributed by atoms with E-state index in [-0.39, 0.29) is 13.4 Å². The van der Waals surface area contributed by atoms with E-state index >= 15 is 0 Å². The lowest BCUT2D eigenvalue weighted by Gasteiger charge is -2.20. The first-order chi connectivity index (χ1) is 10.9. The maximum absolute atomic E-state index is 13.6.